The van der Waals surface area contributed by atoms with Gasteiger partial charge in [0.15, 0.2) is 0 Å². The zero-order valence-corrected chi connectivity index (χ0v) is 17.9. The first-order valence-electron chi connectivity index (χ1n) is 9.78. The van der Waals surface area contributed by atoms with Gasteiger partial charge in [0, 0.05) is 32.3 Å². The minimum atomic E-state index is -0.746. The topological polar surface area (TPSA) is 122 Å². The van der Waals surface area contributed by atoms with Gasteiger partial charge in [-0.1, -0.05) is 26.0 Å². The summed E-state index contributed by atoms with van der Waals surface area (Å²) in [7, 11) is 3.08. The Balaban J connectivity index is 1.95. The predicted octanol–water partition coefficient (Wildman–Crippen LogP) is 0.644. The Kier molecular flexibility index (Phi) is 6.06. The molecule has 162 valence electrons. The van der Waals surface area contributed by atoms with Crippen LogP contribution in [0.2, 0.25) is 0 Å². The summed E-state index contributed by atoms with van der Waals surface area (Å²) in [6.45, 7) is 5.86. The zero-order valence-electron chi connectivity index (χ0n) is 17.9. The van der Waals surface area contributed by atoms with Crippen LogP contribution in [0.4, 0.5) is 0 Å². The third kappa shape index (κ3) is 4.28. The van der Waals surface area contributed by atoms with Gasteiger partial charge >= 0.3 is 0 Å². The molecule has 10 nitrogen and oxygen atoms in total. The highest BCUT2D eigenvalue weighted by Crippen LogP contribution is 2.35. The molecule has 0 saturated carbocycles. The lowest BCUT2D eigenvalue weighted by molar-refractivity contribution is -0.144. The van der Waals surface area contributed by atoms with Crippen LogP contribution in [0.1, 0.15) is 33.2 Å². The summed E-state index contributed by atoms with van der Waals surface area (Å²) in [5.74, 6) is 0.0487. The molecular weight excluding hydrogens is 388 g/mol. The number of nitrogens with one attached hydrogen (secondary N) is 1. The molecule has 1 fully saturated rings. The average molecular weight is 416 g/mol. The first kappa shape index (κ1) is 21.7. The van der Waals surface area contributed by atoms with Crippen molar-refractivity contribution >= 4 is 11.8 Å². The van der Waals surface area contributed by atoms with Gasteiger partial charge in [-0.15, -0.1) is 5.10 Å². The van der Waals surface area contributed by atoms with Crippen molar-refractivity contribution in [2.45, 2.75) is 45.4 Å². The van der Waals surface area contributed by atoms with Crippen LogP contribution in [0.15, 0.2) is 24.5 Å². The van der Waals surface area contributed by atoms with Gasteiger partial charge in [-0.3, -0.25) is 14.6 Å². The van der Waals surface area contributed by atoms with E-state index in [1.165, 1.54) is 16.6 Å². The van der Waals surface area contributed by atoms with Crippen LogP contribution in [0, 0.1) is 5.41 Å². The SMILES string of the molecule is CNC(=O)[C@H]1CC(O)CN1C(=O)C(n1cc(-c2cc(OC)ccn2)nn1)C(C)(C)C. The molecule has 3 rings (SSSR count). The molecule has 2 amide bonds. The van der Waals surface area contributed by atoms with E-state index < -0.39 is 23.6 Å². The quantitative estimate of drug-likeness (QED) is 0.733. The molecular formula is C20H28N6O4. The Morgan fingerprint density at radius 2 is 2.07 bits per heavy atom. The van der Waals surface area contributed by atoms with Crippen molar-refractivity contribution in [2.75, 3.05) is 20.7 Å². The molecule has 2 unspecified atom stereocenters. The molecule has 1 saturated heterocycles. The van der Waals surface area contributed by atoms with E-state index >= 15 is 0 Å². The number of aliphatic hydroxyl groups excluding tert-OH is 1. The number of β-amino-alcohol motifs (C(OH)–C–C–N with tert-alkyl or cyclic N) is 1. The second kappa shape index (κ2) is 8.39. The summed E-state index contributed by atoms with van der Waals surface area (Å²) in [6.07, 6.45) is 2.73. The average Bonchev–Trinajstić information content (AvgIpc) is 3.33. The number of carbonyl (C=O) groups is 2. The highest BCUT2D eigenvalue weighted by atomic mass is 16.5. The molecule has 2 N–H and O–H groups in total. The number of aliphatic hydroxyl groups is 1. The first-order chi connectivity index (χ1) is 14.2. The lowest BCUT2D eigenvalue weighted by Crippen LogP contribution is -2.49. The monoisotopic (exact) mass is 416 g/mol. The fourth-order valence-electron chi connectivity index (χ4n) is 3.71. The molecule has 10 heteroatoms. The second-order valence-corrected chi connectivity index (χ2v) is 8.44. The summed E-state index contributed by atoms with van der Waals surface area (Å²) in [4.78, 5) is 31.5. The number of methoxy groups -OCH3 is 1. The molecule has 2 aromatic rings. The maximum absolute atomic E-state index is 13.5. The van der Waals surface area contributed by atoms with Crippen LogP contribution in [-0.4, -0.2) is 74.6 Å². The normalized spacial score (nSPS) is 20.1. The number of hydrogen-bond acceptors (Lipinski definition) is 7. The number of ether oxygens (including phenoxy) is 1. The van der Waals surface area contributed by atoms with Gasteiger partial charge in [-0.2, -0.15) is 0 Å². The number of likely N-dealkylation sites (tertiary alicyclic amines) is 1. The standard InChI is InChI=1S/C20H28N6O4/c1-20(2,3)17(19(29)25-10-12(27)8-16(25)18(28)21-4)26-11-15(23-24-26)14-9-13(30-5)6-7-22-14/h6-7,9,11-12,16-17,27H,8,10H2,1-5H3,(H,21,28)/t12?,16-,17?/m1/s1. The number of nitrogens with zero attached hydrogens (tertiary/aromatic N) is 5. The van der Waals surface area contributed by atoms with Gasteiger partial charge in [0.05, 0.1) is 25.1 Å². The Bertz CT molecular complexity index is 922. The van der Waals surface area contributed by atoms with E-state index in [0.29, 0.717) is 17.1 Å². The number of pyridine rings is 1. The minimum absolute atomic E-state index is 0.0997. The summed E-state index contributed by atoms with van der Waals surface area (Å²) in [5, 5.41) is 21.0. The Hall–Kier alpha value is -3.01. The van der Waals surface area contributed by atoms with E-state index in [1.807, 2.05) is 20.8 Å². The van der Waals surface area contributed by atoms with Crippen molar-refractivity contribution in [3.63, 3.8) is 0 Å². The van der Waals surface area contributed by atoms with Crippen LogP contribution in [-0.2, 0) is 9.59 Å². The highest BCUT2D eigenvalue weighted by molar-refractivity contribution is 5.90. The molecule has 3 atom stereocenters. The van der Waals surface area contributed by atoms with E-state index in [9.17, 15) is 14.7 Å². The lowest BCUT2D eigenvalue weighted by Gasteiger charge is -2.34. The molecule has 0 bridgehead atoms. The van der Waals surface area contributed by atoms with Gasteiger partial charge in [0.1, 0.15) is 23.5 Å². The second-order valence-electron chi connectivity index (χ2n) is 8.44. The molecule has 0 radical (unpaired) electrons. The zero-order chi connectivity index (χ0) is 22.1. The third-order valence-corrected chi connectivity index (χ3v) is 5.17. The fourth-order valence-corrected chi connectivity index (χ4v) is 3.71. The van der Waals surface area contributed by atoms with Gasteiger partial charge in [-0.05, 0) is 11.5 Å². The molecule has 0 spiro atoms. The molecule has 1 aliphatic rings. The molecule has 30 heavy (non-hydrogen) atoms. The molecule has 2 aromatic heterocycles. The van der Waals surface area contributed by atoms with Crippen LogP contribution < -0.4 is 10.1 Å². The molecule has 0 aromatic carbocycles. The summed E-state index contributed by atoms with van der Waals surface area (Å²) in [5.41, 5.74) is 0.547. The molecule has 1 aliphatic heterocycles. The first-order valence-corrected chi connectivity index (χ1v) is 9.78. The predicted molar refractivity (Wildman–Crippen MR) is 108 cm³/mol. The van der Waals surface area contributed by atoms with E-state index in [2.05, 4.69) is 20.6 Å². The van der Waals surface area contributed by atoms with Gasteiger partial charge in [0.25, 0.3) is 0 Å². The van der Waals surface area contributed by atoms with Crippen molar-refractivity contribution in [1.29, 1.82) is 0 Å². The number of amides is 2. The van der Waals surface area contributed by atoms with E-state index in [0.717, 1.165) is 0 Å². The summed E-state index contributed by atoms with van der Waals surface area (Å²) >= 11 is 0. The minimum Gasteiger partial charge on any atom is -0.497 e. The maximum atomic E-state index is 13.5. The Morgan fingerprint density at radius 1 is 1.33 bits per heavy atom. The molecule has 3 heterocycles. The van der Waals surface area contributed by atoms with Gasteiger partial charge < -0.3 is 20.1 Å². The van der Waals surface area contributed by atoms with Crippen LogP contribution in [0.3, 0.4) is 0 Å². The van der Waals surface area contributed by atoms with E-state index in [4.69, 9.17) is 4.74 Å². The number of likely N-dealkylation sites (N-methyl/N-ethyl adjacent to an activating group) is 1. The van der Waals surface area contributed by atoms with E-state index in [1.54, 1.807) is 31.6 Å². The highest BCUT2D eigenvalue weighted by Gasteiger charge is 2.45. The van der Waals surface area contributed by atoms with Crippen LogP contribution >= 0.6 is 0 Å². The maximum Gasteiger partial charge on any atom is 0.248 e. The van der Waals surface area contributed by atoms with Crippen molar-refractivity contribution < 1.29 is 19.4 Å². The Labute approximate surface area is 175 Å². The van der Waals surface area contributed by atoms with Crippen molar-refractivity contribution in [1.82, 2.24) is 30.2 Å². The number of carbonyl (C=O) groups excluding carboxylic acids is 2. The smallest absolute Gasteiger partial charge is 0.248 e. The van der Waals surface area contributed by atoms with Gasteiger partial charge in [0.2, 0.25) is 11.8 Å². The van der Waals surface area contributed by atoms with Crippen LogP contribution in [0.25, 0.3) is 11.4 Å². The van der Waals surface area contributed by atoms with Crippen molar-refractivity contribution in [3.8, 4) is 17.1 Å². The fraction of sp³-hybridized carbons (Fsp3) is 0.550. The lowest BCUT2D eigenvalue weighted by atomic mass is 9.85. The van der Waals surface area contributed by atoms with Gasteiger partial charge in [-0.25, -0.2) is 4.68 Å². The summed E-state index contributed by atoms with van der Waals surface area (Å²) in [6, 6.07) is 2.03. The van der Waals surface area contributed by atoms with Crippen molar-refractivity contribution in [2.24, 2.45) is 5.41 Å². The molecule has 0 aliphatic carbocycles. The van der Waals surface area contributed by atoms with Crippen molar-refractivity contribution in [3.05, 3.63) is 24.5 Å². The number of aromatic nitrogens is 4. The number of rotatable bonds is 5. The van der Waals surface area contributed by atoms with Crippen LogP contribution in [0.5, 0.6) is 5.75 Å². The Morgan fingerprint density at radius 3 is 2.70 bits per heavy atom. The summed E-state index contributed by atoms with van der Waals surface area (Å²) < 4.78 is 6.73. The largest absolute Gasteiger partial charge is 0.497 e. The van der Waals surface area contributed by atoms with E-state index in [-0.39, 0.29) is 24.8 Å². The third-order valence-electron chi connectivity index (χ3n) is 5.17. The number of hydrogen-bond donors (Lipinski definition) is 2.